The van der Waals surface area contributed by atoms with E-state index >= 15 is 0 Å². The molecule has 4 rings (SSSR count). The molecule has 0 aromatic heterocycles. The summed E-state index contributed by atoms with van der Waals surface area (Å²) in [5.74, 6) is -0.499. The Morgan fingerprint density at radius 3 is 2.33 bits per heavy atom. The Morgan fingerprint density at radius 1 is 1.00 bits per heavy atom. The number of thioether (sulfide) groups is 1. The van der Waals surface area contributed by atoms with Crippen molar-refractivity contribution in [1.29, 1.82) is 0 Å². The topological polar surface area (TPSA) is 87.7 Å². The molecule has 1 heterocycles. The zero-order valence-corrected chi connectivity index (χ0v) is 19.0. The van der Waals surface area contributed by atoms with Crippen LogP contribution in [0.25, 0.3) is 0 Å². The van der Waals surface area contributed by atoms with E-state index in [-0.39, 0.29) is 0 Å². The SMILES string of the molecule is COc1cccc([C@]2(C)NC(=O)N(NC(=O)[C@H](Sc3ccccc3)c3ccccc3)C2=O)c1. The second kappa shape index (κ2) is 9.38. The maximum Gasteiger partial charge on any atom is 0.344 e. The highest BCUT2D eigenvalue weighted by Crippen LogP contribution is 2.36. The number of ether oxygens (including phenoxy) is 1. The normalized spacial score (nSPS) is 18.5. The molecule has 0 bridgehead atoms. The van der Waals surface area contributed by atoms with Crippen LogP contribution in [0, 0.1) is 0 Å². The van der Waals surface area contributed by atoms with Crippen molar-refractivity contribution in [2.24, 2.45) is 0 Å². The number of urea groups is 1. The van der Waals surface area contributed by atoms with Crippen molar-refractivity contribution in [3.8, 4) is 5.75 Å². The summed E-state index contributed by atoms with van der Waals surface area (Å²) in [4.78, 5) is 40.2. The summed E-state index contributed by atoms with van der Waals surface area (Å²) in [6.07, 6.45) is 0. The van der Waals surface area contributed by atoms with E-state index in [2.05, 4.69) is 10.7 Å². The number of benzene rings is 3. The van der Waals surface area contributed by atoms with Crippen molar-refractivity contribution in [2.75, 3.05) is 7.11 Å². The Balaban J connectivity index is 1.59. The average molecular weight is 462 g/mol. The van der Waals surface area contributed by atoms with E-state index < -0.39 is 28.6 Å². The summed E-state index contributed by atoms with van der Waals surface area (Å²) < 4.78 is 5.24. The lowest BCUT2D eigenvalue weighted by molar-refractivity contribution is -0.138. The summed E-state index contributed by atoms with van der Waals surface area (Å²) >= 11 is 1.34. The van der Waals surface area contributed by atoms with Crippen molar-refractivity contribution in [1.82, 2.24) is 15.8 Å². The number of hydrogen-bond donors (Lipinski definition) is 2. The van der Waals surface area contributed by atoms with E-state index in [4.69, 9.17) is 4.74 Å². The molecule has 2 atom stereocenters. The Morgan fingerprint density at radius 2 is 1.67 bits per heavy atom. The standard InChI is InChI=1S/C25H23N3O4S/c1-25(18-12-9-13-19(16-18)32-2)23(30)28(24(31)26-25)27-22(29)21(17-10-5-3-6-11-17)33-20-14-7-4-8-15-20/h3-16,21H,1-2H3,(H,26,31)(H,27,29)/t21-,25+/m1/s1. The van der Waals surface area contributed by atoms with Gasteiger partial charge in [-0.1, -0.05) is 60.7 Å². The minimum atomic E-state index is -1.34. The molecular weight excluding hydrogens is 438 g/mol. The summed E-state index contributed by atoms with van der Waals surface area (Å²) in [5, 5.41) is 2.78. The summed E-state index contributed by atoms with van der Waals surface area (Å²) in [5.41, 5.74) is 2.50. The zero-order valence-electron chi connectivity index (χ0n) is 18.1. The van der Waals surface area contributed by atoms with Crippen molar-refractivity contribution in [2.45, 2.75) is 22.6 Å². The minimum Gasteiger partial charge on any atom is -0.497 e. The number of imide groups is 1. The number of hydrazine groups is 1. The van der Waals surface area contributed by atoms with Crippen molar-refractivity contribution in [3.63, 3.8) is 0 Å². The first kappa shape index (κ1) is 22.4. The van der Waals surface area contributed by atoms with Gasteiger partial charge >= 0.3 is 6.03 Å². The van der Waals surface area contributed by atoms with E-state index in [0.717, 1.165) is 15.5 Å². The van der Waals surface area contributed by atoms with Crippen LogP contribution in [0.2, 0.25) is 0 Å². The Hall–Kier alpha value is -3.78. The minimum absolute atomic E-state index is 0.478. The molecule has 168 valence electrons. The fourth-order valence-corrected chi connectivity index (χ4v) is 4.61. The fraction of sp³-hybridized carbons (Fsp3) is 0.160. The van der Waals surface area contributed by atoms with Crippen molar-refractivity contribution in [3.05, 3.63) is 96.1 Å². The van der Waals surface area contributed by atoms with Crippen LogP contribution in [0.3, 0.4) is 0 Å². The molecule has 7 nitrogen and oxygen atoms in total. The van der Waals surface area contributed by atoms with Crippen LogP contribution >= 0.6 is 11.8 Å². The third-order valence-corrected chi connectivity index (χ3v) is 6.66. The molecule has 33 heavy (non-hydrogen) atoms. The molecule has 8 heteroatoms. The monoisotopic (exact) mass is 461 g/mol. The molecule has 4 amide bonds. The van der Waals surface area contributed by atoms with E-state index in [1.54, 1.807) is 31.2 Å². The first-order valence-corrected chi connectivity index (χ1v) is 11.2. The number of nitrogens with zero attached hydrogens (tertiary/aromatic N) is 1. The van der Waals surface area contributed by atoms with Crippen LogP contribution in [-0.2, 0) is 15.1 Å². The molecule has 0 unspecified atom stereocenters. The first-order valence-electron chi connectivity index (χ1n) is 10.3. The number of amides is 4. The third kappa shape index (κ3) is 4.56. The van der Waals surface area contributed by atoms with Gasteiger partial charge in [0.25, 0.3) is 11.8 Å². The second-order valence-electron chi connectivity index (χ2n) is 7.63. The van der Waals surface area contributed by atoms with E-state index in [1.165, 1.54) is 18.9 Å². The van der Waals surface area contributed by atoms with Crippen LogP contribution in [-0.4, -0.2) is 30.0 Å². The highest BCUT2D eigenvalue weighted by atomic mass is 32.2. The van der Waals surface area contributed by atoms with Crippen molar-refractivity contribution < 1.29 is 19.1 Å². The summed E-state index contributed by atoms with van der Waals surface area (Å²) in [6.45, 7) is 1.60. The highest BCUT2D eigenvalue weighted by molar-refractivity contribution is 8.00. The highest BCUT2D eigenvalue weighted by Gasteiger charge is 2.50. The number of rotatable bonds is 7. The number of nitrogens with one attached hydrogen (secondary N) is 2. The molecule has 1 aliphatic rings. The maximum atomic E-state index is 13.3. The van der Waals surface area contributed by atoms with E-state index in [0.29, 0.717) is 11.3 Å². The molecular formula is C25H23N3O4S. The molecule has 0 saturated carbocycles. The largest absolute Gasteiger partial charge is 0.497 e. The van der Waals surface area contributed by atoms with Crippen LogP contribution in [0.1, 0.15) is 23.3 Å². The van der Waals surface area contributed by atoms with Gasteiger partial charge in [-0.05, 0) is 42.3 Å². The van der Waals surface area contributed by atoms with Crippen LogP contribution in [0.5, 0.6) is 5.75 Å². The fourth-order valence-electron chi connectivity index (χ4n) is 3.58. The third-order valence-electron chi connectivity index (χ3n) is 5.40. The smallest absolute Gasteiger partial charge is 0.344 e. The molecule has 1 fully saturated rings. The Labute approximate surface area is 196 Å². The lowest BCUT2D eigenvalue weighted by Crippen LogP contribution is -2.49. The van der Waals surface area contributed by atoms with E-state index in [9.17, 15) is 14.4 Å². The number of carbonyl (C=O) groups excluding carboxylic acids is 3. The molecule has 2 N–H and O–H groups in total. The lowest BCUT2D eigenvalue weighted by Gasteiger charge is -2.23. The van der Waals surface area contributed by atoms with E-state index in [1.807, 2.05) is 60.7 Å². The zero-order chi connectivity index (χ0) is 23.4. The average Bonchev–Trinajstić information content (AvgIpc) is 3.07. The molecule has 1 aliphatic heterocycles. The predicted molar refractivity (Wildman–Crippen MR) is 125 cm³/mol. The van der Waals surface area contributed by atoms with Crippen molar-refractivity contribution >= 4 is 29.6 Å². The van der Waals surface area contributed by atoms with Gasteiger partial charge in [-0.25, -0.2) is 4.79 Å². The number of carbonyl (C=O) groups is 3. The van der Waals surface area contributed by atoms with Gasteiger partial charge in [0.2, 0.25) is 0 Å². The first-order chi connectivity index (χ1) is 15.9. The van der Waals surface area contributed by atoms with Gasteiger partial charge in [0.15, 0.2) is 0 Å². The van der Waals surface area contributed by atoms with Gasteiger partial charge in [-0.3, -0.25) is 15.0 Å². The van der Waals surface area contributed by atoms with Gasteiger partial charge in [-0.2, -0.15) is 5.01 Å². The van der Waals surface area contributed by atoms with Gasteiger partial charge in [0.05, 0.1) is 7.11 Å². The van der Waals surface area contributed by atoms with Crippen LogP contribution < -0.4 is 15.5 Å². The summed E-state index contributed by atoms with van der Waals surface area (Å²) in [6, 6.07) is 24.9. The lowest BCUT2D eigenvalue weighted by atomic mass is 9.92. The van der Waals surface area contributed by atoms with Crippen LogP contribution in [0.15, 0.2) is 89.8 Å². The summed E-state index contributed by atoms with van der Waals surface area (Å²) in [7, 11) is 1.52. The molecule has 3 aromatic rings. The molecule has 0 spiro atoms. The van der Waals surface area contributed by atoms with Crippen LogP contribution in [0.4, 0.5) is 4.79 Å². The van der Waals surface area contributed by atoms with Gasteiger partial charge in [0, 0.05) is 4.90 Å². The van der Waals surface area contributed by atoms with Gasteiger partial charge in [-0.15, -0.1) is 11.8 Å². The number of hydrogen-bond acceptors (Lipinski definition) is 5. The predicted octanol–water partition coefficient (Wildman–Crippen LogP) is 4.03. The Bertz CT molecular complexity index is 1170. The van der Waals surface area contributed by atoms with Gasteiger partial charge in [0.1, 0.15) is 16.5 Å². The molecule has 1 saturated heterocycles. The van der Waals surface area contributed by atoms with Gasteiger partial charge < -0.3 is 10.1 Å². The number of methoxy groups -OCH3 is 1. The molecule has 0 radical (unpaired) electrons. The molecule has 0 aliphatic carbocycles. The Kier molecular flexibility index (Phi) is 6.37. The maximum absolute atomic E-state index is 13.3. The molecule has 3 aromatic carbocycles. The quantitative estimate of drug-likeness (QED) is 0.410. The second-order valence-corrected chi connectivity index (χ2v) is 8.80.